The third-order valence-electron chi connectivity index (χ3n) is 6.01. The summed E-state index contributed by atoms with van der Waals surface area (Å²) in [5.41, 5.74) is 1.33. The van der Waals surface area contributed by atoms with Gasteiger partial charge in [-0.1, -0.05) is 30.3 Å². The summed E-state index contributed by atoms with van der Waals surface area (Å²) in [6.45, 7) is 3.57. The molecule has 0 aliphatic carbocycles. The maximum absolute atomic E-state index is 12.7. The van der Waals surface area contributed by atoms with Gasteiger partial charge in [-0.05, 0) is 57.8 Å². The average Bonchev–Trinajstić information content (AvgIpc) is 2.68. The minimum atomic E-state index is -0.0288. The summed E-state index contributed by atoms with van der Waals surface area (Å²) in [5, 5.41) is 12.8. The van der Waals surface area contributed by atoms with Crippen molar-refractivity contribution in [3.05, 3.63) is 35.9 Å². The Morgan fingerprint density at radius 1 is 1.20 bits per heavy atom. The molecule has 2 fully saturated rings. The van der Waals surface area contributed by atoms with Gasteiger partial charge < -0.3 is 20.2 Å². The number of piperidine rings is 2. The van der Waals surface area contributed by atoms with Crippen molar-refractivity contribution in [1.29, 1.82) is 0 Å². The number of carbonyl (C=O) groups excluding carboxylic acids is 1. The zero-order valence-electron chi connectivity index (χ0n) is 15.3. The molecule has 1 aromatic carbocycles. The first kappa shape index (κ1) is 18.2. The van der Waals surface area contributed by atoms with Crippen LogP contribution in [0.5, 0.6) is 0 Å². The van der Waals surface area contributed by atoms with Gasteiger partial charge in [0.05, 0.1) is 12.6 Å². The van der Waals surface area contributed by atoms with Crippen LogP contribution in [0.25, 0.3) is 0 Å². The van der Waals surface area contributed by atoms with E-state index in [0.29, 0.717) is 6.54 Å². The minimum absolute atomic E-state index is 0.00787. The first-order valence-corrected chi connectivity index (χ1v) is 9.54. The first-order chi connectivity index (χ1) is 12.1. The van der Waals surface area contributed by atoms with Crippen molar-refractivity contribution in [3.63, 3.8) is 0 Å². The van der Waals surface area contributed by atoms with Gasteiger partial charge in [0.25, 0.3) is 0 Å². The Morgan fingerprint density at radius 2 is 1.92 bits per heavy atom. The van der Waals surface area contributed by atoms with Crippen molar-refractivity contribution in [1.82, 2.24) is 15.1 Å². The van der Waals surface area contributed by atoms with Crippen LogP contribution in [-0.4, -0.2) is 66.8 Å². The Kier molecular flexibility index (Phi) is 5.97. The highest BCUT2D eigenvalue weighted by Crippen LogP contribution is 2.34. The SMILES string of the molecule is CN1CCC(CNC(=O)N2CCCC[C@H]2CO)(c2ccccc2)CC1. The fraction of sp³-hybridized carbons (Fsp3) is 0.650. The van der Waals surface area contributed by atoms with Gasteiger partial charge in [-0.15, -0.1) is 0 Å². The Balaban J connectivity index is 1.69. The number of aliphatic hydroxyl groups excluding tert-OH is 1. The van der Waals surface area contributed by atoms with Crippen LogP contribution in [0.3, 0.4) is 0 Å². The van der Waals surface area contributed by atoms with E-state index in [0.717, 1.165) is 51.7 Å². The zero-order chi connectivity index (χ0) is 17.7. The maximum Gasteiger partial charge on any atom is 0.317 e. The molecule has 0 bridgehead atoms. The van der Waals surface area contributed by atoms with Gasteiger partial charge in [0.2, 0.25) is 0 Å². The largest absolute Gasteiger partial charge is 0.394 e. The van der Waals surface area contributed by atoms with Gasteiger partial charge >= 0.3 is 6.03 Å². The molecule has 0 aromatic heterocycles. The predicted octanol–water partition coefficient (Wildman–Crippen LogP) is 2.21. The fourth-order valence-corrected chi connectivity index (χ4v) is 4.21. The lowest BCUT2D eigenvalue weighted by Gasteiger charge is -2.42. The van der Waals surface area contributed by atoms with Crippen molar-refractivity contribution < 1.29 is 9.90 Å². The fourth-order valence-electron chi connectivity index (χ4n) is 4.21. The molecule has 1 atom stereocenters. The molecular formula is C20H31N3O2. The molecule has 2 saturated heterocycles. The van der Waals surface area contributed by atoms with E-state index < -0.39 is 0 Å². The number of amides is 2. The summed E-state index contributed by atoms with van der Waals surface area (Å²) in [5.74, 6) is 0. The first-order valence-electron chi connectivity index (χ1n) is 9.54. The molecule has 2 aliphatic heterocycles. The molecule has 5 heteroatoms. The molecule has 2 N–H and O–H groups in total. The van der Waals surface area contributed by atoms with Crippen molar-refractivity contribution >= 4 is 6.03 Å². The van der Waals surface area contributed by atoms with E-state index in [1.54, 1.807) is 0 Å². The number of benzene rings is 1. The van der Waals surface area contributed by atoms with E-state index in [-0.39, 0.29) is 24.1 Å². The number of hydrogen-bond donors (Lipinski definition) is 2. The van der Waals surface area contributed by atoms with Crippen molar-refractivity contribution in [2.24, 2.45) is 0 Å². The van der Waals surface area contributed by atoms with E-state index in [2.05, 4.69) is 41.5 Å². The standard InChI is InChI=1S/C20H31N3O2/c1-22-13-10-20(11-14-22,17-7-3-2-4-8-17)16-21-19(25)23-12-6-5-9-18(23)15-24/h2-4,7-8,18,24H,5-6,9-16H2,1H3,(H,21,25)/t18-/m0/s1. The van der Waals surface area contributed by atoms with Crippen LogP contribution in [0.1, 0.15) is 37.7 Å². The molecule has 0 saturated carbocycles. The number of nitrogens with one attached hydrogen (secondary N) is 1. The smallest absolute Gasteiger partial charge is 0.317 e. The third-order valence-corrected chi connectivity index (χ3v) is 6.01. The summed E-state index contributed by atoms with van der Waals surface area (Å²) in [6.07, 6.45) is 5.13. The second-order valence-corrected chi connectivity index (χ2v) is 7.63. The normalized spacial score (nSPS) is 24.1. The highest BCUT2D eigenvalue weighted by atomic mass is 16.3. The molecule has 2 amide bonds. The highest BCUT2D eigenvalue weighted by molar-refractivity contribution is 5.74. The number of hydrogen-bond acceptors (Lipinski definition) is 3. The summed E-state index contributed by atoms with van der Waals surface area (Å²) in [7, 11) is 2.16. The van der Waals surface area contributed by atoms with E-state index >= 15 is 0 Å². The van der Waals surface area contributed by atoms with Crippen LogP contribution in [-0.2, 0) is 5.41 Å². The molecule has 0 radical (unpaired) electrons. The van der Waals surface area contributed by atoms with Crippen LogP contribution in [0.15, 0.2) is 30.3 Å². The summed E-state index contributed by atoms with van der Waals surface area (Å²) >= 11 is 0. The predicted molar refractivity (Wildman–Crippen MR) is 99.7 cm³/mol. The Morgan fingerprint density at radius 3 is 2.60 bits per heavy atom. The zero-order valence-corrected chi connectivity index (χ0v) is 15.3. The summed E-state index contributed by atoms with van der Waals surface area (Å²) in [4.78, 5) is 16.9. The van der Waals surface area contributed by atoms with Crippen molar-refractivity contribution in [2.75, 3.05) is 39.8 Å². The lowest BCUT2D eigenvalue weighted by molar-refractivity contribution is 0.105. The second kappa shape index (κ2) is 8.19. The molecule has 2 heterocycles. The van der Waals surface area contributed by atoms with Gasteiger partial charge in [0.1, 0.15) is 0 Å². The number of carbonyl (C=O) groups is 1. The molecule has 25 heavy (non-hydrogen) atoms. The lowest BCUT2D eigenvalue weighted by Crippen LogP contribution is -2.54. The Labute approximate surface area is 151 Å². The van der Waals surface area contributed by atoms with Crippen LogP contribution >= 0.6 is 0 Å². The molecule has 2 aliphatic rings. The van der Waals surface area contributed by atoms with Crippen LogP contribution in [0, 0.1) is 0 Å². The molecular weight excluding hydrogens is 314 g/mol. The van der Waals surface area contributed by atoms with E-state index in [4.69, 9.17) is 0 Å². The Hall–Kier alpha value is -1.59. The third kappa shape index (κ3) is 4.15. The number of rotatable bonds is 4. The van der Waals surface area contributed by atoms with Crippen molar-refractivity contribution in [3.8, 4) is 0 Å². The monoisotopic (exact) mass is 345 g/mol. The van der Waals surface area contributed by atoms with Crippen molar-refractivity contribution in [2.45, 2.75) is 43.6 Å². The topological polar surface area (TPSA) is 55.8 Å². The minimum Gasteiger partial charge on any atom is -0.394 e. The van der Waals surface area contributed by atoms with E-state index in [1.807, 2.05) is 11.0 Å². The van der Waals surface area contributed by atoms with Gasteiger partial charge in [-0.2, -0.15) is 0 Å². The van der Waals surface area contributed by atoms with Gasteiger partial charge in [-0.25, -0.2) is 4.79 Å². The lowest BCUT2D eigenvalue weighted by atomic mass is 9.72. The molecule has 1 aromatic rings. The van der Waals surface area contributed by atoms with E-state index in [9.17, 15) is 9.90 Å². The van der Waals surface area contributed by atoms with Crippen LogP contribution in [0.4, 0.5) is 4.79 Å². The van der Waals surface area contributed by atoms with Gasteiger partial charge in [0, 0.05) is 18.5 Å². The van der Waals surface area contributed by atoms with Crippen LogP contribution in [0.2, 0.25) is 0 Å². The highest BCUT2D eigenvalue weighted by Gasteiger charge is 2.36. The molecule has 5 nitrogen and oxygen atoms in total. The summed E-state index contributed by atoms with van der Waals surface area (Å²) in [6, 6.07) is 10.5. The van der Waals surface area contributed by atoms with Gasteiger partial charge in [-0.3, -0.25) is 0 Å². The van der Waals surface area contributed by atoms with Crippen LogP contribution < -0.4 is 5.32 Å². The number of aliphatic hydroxyl groups is 1. The maximum atomic E-state index is 12.7. The molecule has 0 unspecified atom stereocenters. The quantitative estimate of drug-likeness (QED) is 0.880. The molecule has 138 valence electrons. The summed E-state index contributed by atoms with van der Waals surface area (Å²) < 4.78 is 0. The Bertz CT molecular complexity index is 555. The molecule has 3 rings (SSSR count). The molecule has 0 spiro atoms. The number of urea groups is 1. The average molecular weight is 345 g/mol. The van der Waals surface area contributed by atoms with E-state index in [1.165, 1.54) is 5.56 Å². The number of likely N-dealkylation sites (tertiary alicyclic amines) is 2. The van der Waals surface area contributed by atoms with Gasteiger partial charge in [0.15, 0.2) is 0 Å². The second-order valence-electron chi connectivity index (χ2n) is 7.63. The number of nitrogens with zero attached hydrogens (tertiary/aromatic N) is 2.